The van der Waals surface area contributed by atoms with Crippen molar-refractivity contribution in [1.82, 2.24) is 10.6 Å². The molecular formula is C29H41N3O7. The molecule has 0 saturated carbocycles. The number of unbranched alkanes of at least 4 members (excludes halogenated alkanes) is 3. The van der Waals surface area contributed by atoms with Gasteiger partial charge < -0.3 is 25.1 Å². The van der Waals surface area contributed by atoms with Gasteiger partial charge in [0.1, 0.15) is 11.6 Å². The molecule has 3 amide bonds. The number of nitrogens with zero attached hydrogens (tertiary/aromatic N) is 1. The number of carbonyl (C=O) groups excluding carboxylic acids is 3. The number of hydrogen-bond donors (Lipinski definition) is 3. The van der Waals surface area contributed by atoms with Gasteiger partial charge in [-0.15, -0.1) is 0 Å². The third-order valence-corrected chi connectivity index (χ3v) is 6.60. The Kier molecular flexibility index (Phi) is 12.7. The molecule has 39 heavy (non-hydrogen) atoms. The van der Waals surface area contributed by atoms with E-state index in [9.17, 15) is 24.0 Å². The first kappa shape index (κ1) is 31.5. The molecule has 0 aliphatic rings. The maximum absolute atomic E-state index is 13.9. The zero-order valence-electron chi connectivity index (χ0n) is 23.4. The largest absolute Gasteiger partial charge is 0.481 e. The van der Waals surface area contributed by atoms with Gasteiger partial charge in [-0.05, 0) is 57.2 Å². The number of amides is 3. The predicted octanol–water partition coefficient (Wildman–Crippen LogP) is 4.06. The lowest BCUT2D eigenvalue weighted by molar-refractivity contribution is -0.138. The first-order chi connectivity index (χ1) is 18.5. The molecule has 10 heteroatoms. The highest BCUT2D eigenvalue weighted by atomic mass is 16.4. The summed E-state index contributed by atoms with van der Waals surface area (Å²) in [7, 11) is 0. The van der Waals surface area contributed by atoms with Crippen LogP contribution in [0.25, 0.3) is 11.0 Å². The number of nitrogens with one attached hydrogen (secondary N) is 2. The van der Waals surface area contributed by atoms with E-state index in [1.54, 1.807) is 11.0 Å². The van der Waals surface area contributed by atoms with Gasteiger partial charge in [0, 0.05) is 49.1 Å². The van der Waals surface area contributed by atoms with Gasteiger partial charge in [0.15, 0.2) is 0 Å². The van der Waals surface area contributed by atoms with E-state index in [4.69, 9.17) is 9.52 Å². The highest BCUT2D eigenvalue weighted by Crippen LogP contribution is 2.27. The number of rotatable bonds is 16. The van der Waals surface area contributed by atoms with E-state index in [0.717, 1.165) is 36.6 Å². The number of benzene rings is 1. The fourth-order valence-electron chi connectivity index (χ4n) is 4.56. The normalized spacial score (nSPS) is 12.5. The van der Waals surface area contributed by atoms with Crippen LogP contribution in [0.15, 0.2) is 33.5 Å². The van der Waals surface area contributed by atoms with E-state index in [0.29, 0.717) is 37.1 Å². The van der Waals surface area contributed by atoms with E-state index in [1.807, 2.05) is 26.0 Å². The molecule has 214 valence electrons. The van der Waals surface area contributed by atoms with Gasteiger partial charge in [-0.1, -0.05) is 26.2 Å². The fourth-order valence-corrected chi connectivity index (χ4v) is 4.56. The first-order valence-corrected chi connectivity index (χ1v) is 13.7. The number of aliphatic carboxylic acids is 1. The Morgan fingerprint density at radius 2 is 1.74 bits per heavy atom. The van der Waals surface area contributed by atoms with Gasteiger partial charge in [-0.2, -0.15) is 0 Å². The highest BCUT2D eigenvalue weighted by molar-refractivity contribution is 6.00. The number of carboxylic acids is 1. The van der Waals surface area contributed by atoms with Crippen LogP contribution in [0.3, 0.4) is 0 Å². The summed E-state index contributed by atoms with van der Waals surface area (Å²) in [6.45, 7) is 7.63. The van der Waals surface area contributed by atoms with Crippen LogP contribution in [-0.2, 0) is 19.2 Å². The van der Waals surface area contributed by atoms with Crippen molar-refractivity contribution in [3.05, 3.63) is 40.2 Å². The van der Waals surface area contributed by atoms with E-state index >= 15 is 0 Å². The zero-order valence-corrected chi connectivity index (χ0v) is 23.4. The maximum Gasteiger partial charge on any atom is 0.336 e. The second kappa shape index (κ2) is 15.7. The monoisotopic (exact) mass is 543 g/mol. The molecule has 2 rings (SSSR count). The molecule has 2 aromatic rings. The maximum atomic E-state index is 13.9. The second-order valence-corrected chi connectivity index (χ2v) is 9.97. The average molecular weight is 544 g/mol. The van der Waals surface area contributed by atoms with Gasteiger partial charge in [0.25, 0.3) is 0 Å². The summed E-state index contributed by atoms with van der Waals surface area (Å²) in [5.74, 6) is -1.95. The second-order valence-electron chi connectivity index (χ2n) is 9.97. The number of aryl methyl sites for hydroxylation is 1. The van der Waals surface area contributed by atoms with Crippen molar-refractivity contribution in [2.75, 3.05) is 11.4 Å². The van der Waals surface area contributed by atoms with Crippen molar-refractivity contribution in [3.8, 4) is 0 Å². The Hall–Kier alpha value is -3.69. The van der Waals surface area contributed by atoms with E-state index in [1.165, 1.54) is 13.0 Å². The molecule has 1 aromatic heterocycles. The van der Waals surface area contributed by atoms with Gasteiger partial charge >= 0.3 is 11.6 Å². The summed E-state index contributed by atoms with van der Waals surface area (Å²) in [5.41, 5.74) is 1.31. The molecule has 0 spiro atoms. The molecule has 0 bridgehead atoms. The van der Waals surface area contributed by atoms with Crippen molar-refractivity contribution in [1.29, 1.82) is 0 Å². The molecule has 0 aliphatic carbocycles. The van der Waals surface area contributed by atoms with Gasteiger partial charge in [-0.25, -0.2) is 4.79 Å². The lowest BCUT2D eigenvalue weighted by atomic mass is 10.0. The van der Waals surface area contributed by atoms with Crippen LogP contribution in [0, 0.1) is 6.92 Å². The molecule has 1 heterocycles. The Bertz CT molecular complexity index is 1210. The Labute approximate surface area is 229 Å². The van der Waals surface area contributed by atoms with Crippen LogP contribution in [0.2, 0.25) is 0 Å². The summed E-state index contributed by atoms with van der Waals surface area (Å²) >= 11 is 0. The summed E-state index contributed by atoms with van der Waals surface area (Å²) in [6.07, 6.45) is 4.96. The molecule has 0 fully saturated rings. The van der Waals surface area contributed by atoms with Crippen molar-refractivity contribution in [2.24, 2.45) is 0 Å². The molecular weight excluding hydrogens is 502 g/mol. The van der Waals surface area contributed by atoms with Gasteiger partial charge in [-0.3, -0.25) is 19.2 Å². The van der Waals surface area contributed by atoms with Crippen molar-refractivity contribution >= 4 is 40.3 Å². The SMILES string of the molecule is CCCCCC(C)N(C(=O)[C@H](CCCCNC(=O)CCC(=O)O)NC(C)=O)c1ccc2c(C)cc(=O)oc2c1. The van der Waals surface area contributed by atoms with Crippen molar-refractivity contribution in [2.45, 2.75) is 97.6 Å². The van der Waals surface area contributed by atoms with E-state index < -0.39 is 17.6 Å². The Morgan fingerprint density at radius 3 is 2.41 bits per heavy atom. The fraction of sp³-hybridized carbons (Fsp3) is 0.552. The molecule has 10 nitrogen and oxygen atoms in total. The van der Waals surface area contributed by atoms with Gasteiger partial charge in [0.05, 0.1) is 6.42 Å². The third kappa shape index (κ3) is 10.2. The molecule has 0 radical (unpaired) electrons. The minimum atomic E-state index is -1.03. The van der Waals surface area contributed by atoms with E-state index in [-0.39, 0.29) is 36.6 Å². The predicted molar refractivity (Wildman–Crippen MR) is 150 cm³/mol. The first-order valence-electron chi connectivity index (χ1n) is 13.7. The highest BCUT2D eigenvalue weighted by Gasteiger charge is 2.29. The summed E-state index contributed by atoms with van der Waals surface area (Å²) in [5, 5.41) is 14.9. The number of hydrogen-bond acceptors (Lipinski definition) is 6. The van der Waals surface area contributed by atoms with Crippen molar-refractivity contribution in [3.63, 3.8) is 0 Å². The van der Waals surface area contributed by atoms with Crippen molar-refractivity contribution < 1.29 is 28.7 Å². The van der Waals surface area contributed by atoms with E-state index in [2.05, 4.69) is 17.6 Å². The summed E-state index contributed by atoms with van der Waals surface area (Å²) < 4.78 is 5.43. The number of anilines is 1. The van der Waals surface area contributed by atoms with Gasteiger partial charge in [0.2, 0.25) is 17.7 Å². The van der Waals surface area contributed by atoms with Crippen LogP contribution in [0.5, 0.6) is 0 Å². The standard InChI is InChI=1S/C29H41N3O7/c1-5-6-7-10-20(3)32(22-12-13-23-19(2)17-28(37)39-25(23)18-22)29(38)24(31-21(4)33)11-8-9-16-30-26(34)14-15-27(35)36/h12-13,17-18,20,24H,5-11,14-16H2,1-4H3,(H,30,34)(H,31,33)(H,35,36)/t20?,24-/m0/s1. The molecule has 0 aliphatic heterocycles. The average Bonchev–Trinajstić information content (AvgIpc) is 2.86. The number of carboxylic acid groups (broad SMARTS) is 1. The third-order valence-electron chi connectivity index (χ3n) is 6.60. The molecule has 0 saturated heterocycles. The Balaban J connectivity index is 2.22. The van der Waals surface area contributed by atoms with Crippen LogP contribution < -0.4 is 21.2 Å². The lowest BCUT2D eigenvalue weighted by Crippen LogP contribution is -2.51. The molecule has 1 unspecified atom stereocenters. The quantitative estimate of drug-likeness (QED) is 0.214. The number of carbonyl (C=O) groups is 4. The zero-order chi connectivity index (χ0) is 28.9. The summed E-state index contributed by atoms with van der Waals surface area (Å²) in [4.78, 5) is 62.0. The topological polar surface area (TPSA) is 146 Å². The van der Waals surface area contributed by atoms with Crippen LogP contribution >= 0.6 is 0 Å². The van der Waals surface area contributed by atoms with Crippen LogP contribution in [-0.4, -0.2) is 47.4 Å². The lowest BCUT2D eigenvalue weighted by Gasteiger charge is -2.33. The smallest absolute Gasteiger partial charge is 0.336 e. The van der Waals surface area contributed by atoms with Crippen LogP contribution in [0.4, 0.5) is 5.69 Å². The number of fused-ring (bicyclic) bond motifs is 1. The Morgan fingerprint density at radius 1 is 1.03 bits per heavy atom. The van der Waals surface area contributed by atoms with Crippen LogP contribution in [0.1, 0.15) is 84.1 Å². The molecule has 3 N–H and O–H groups in total. The minimum Gasteiger partial charge on any atom is -0.481 e. The molecule has 2 atom stereocenters. The minimum absolute atomic E-state index is 0.0847. The molecule has 1 aromatic carbocycles. The summed E-state index contributed by atoms with van der Waals surface area (Å²) in [6, 6.07) is 5.86.